The largest absolute Gasteiger partial charge is 0.465 e. The fourth-order valence-corrected chi connectivity index (χ4v) is 13.4. The van der Waals surface area contributed by atoms with E-state index in [2.05, 4.69) is 60.3 Å². The maximum Gasteiger partial charge on any atom is 0.323 e. The normalized spacial score (nSPS) is 43.9. The van der Waals surface area contributed by atoms with Crippen molar-refractivity contribution >= 4 is 11.9 Å². The Morgan fingerprint density at radius 2 is 1.50 bits per heavy atom. The Morgan fingerprint density at radius 1 is 0.826 bits per heavy atom. The minimum Gasteiger partial charge on any atom is -0.465 e. The molecule has 9 atom stereocenters. The Kier molecular flexibility index (Phi) is 8.38. The van der Waals surface area contributed by atoms with Gasteiger partial charge in [0, 0.05) is 5.54 Å². The van der Waals surface area contributed by atoms with Gasteiger partial charge in [-0.15, -0.1) is 0 Å². The summed E-state index contributed by atoms with van der Waals surface area (Å²) in [6.07, 6.45) is 17.3. The van der Waals surface area contributed by atoms with E-state index in [1.165, 1.54) is 68.1 Å². The SMILES string of the molecule is C=C(C)[C@@H]1CC[C@]2(N)CC[C@]3(C)[C@H](CCC4[C@@]5(C)CC=C(C6=CCC(C(=O)OCC)(C(=O)OCC)CC6)C(C)(C)C5CC[C@]43C)C12. The van der Waals surface area contributed by atoms with Gasteiger partial charge >= 0.3 is 11.9 Å². The van der Waals surface area contributed by atoms with Gasteiger partial charge in [0.15, 0.2) is 5.41 Å². The van der Waals surface area contributed by atoms with Gasteiger partial charge in [-0.2, -0.15) is 0 Å². The topological polar surface area (TPSA) is 78.6 Å². The van der Waals surface area contributed by atoms with E-state index < -0.39 is 17.4 Å². The molecule has 2 N–H and O–H groups in total. The molecule has 0 aromatic carbocycles. The third-order valence-corrected chi connectivity index (χ3v) is 15.9. The van der Waals surface area contributed by atoms with E-state index in [9.17, 15) is 9.59 Å². The van der Waals surface area contributed by atoms with Gasteiger partial charge in [-0.25, -0.2) is 0 Å². The van der Waals surface area contributed by atoms with Crippen molar-refractivity contribution in [3.05, 3.63) is 35.5 Å². The van der Waals surface area contributed by atoms with Crippen LogP contribution < -0.4 is 5.73 Å². The number of nitrogens with two attached hydrogens (primary N) is 1. The molecule has 0 bridgehead atoms. The Hall–Kier alpha value is -1.88. The number of ether oxygens (including phenoxy) is 2. The summed E-state index contributed by atoms with van der Waals surface area (Å²) in [6, 6.07) is 0. The molecular weight excluding hydrogens is 570 g/mol. The lowest BCUT2D eigenvalue weighted by Gasteiger charge is -2.72. The highest BCUT2D eigenvalue weighted by molar-refractivity contribution is 6.00. The molecule has 0 aliphatic heterocycles. The molecule has 6 rings (SSSR count). The first kappa shape index (κ1) is 34.0. The molecule has 0 aromatic heterocycles. The Labute approximate surface area is 279 Å². The molecule has 46 heavy (non-hydrogen) atoms. The van der Waals surface area contributed by atoms with E-state index in [1.807, 2.05) is 0 Å². The second-order valence-electron chi connectivity index (χ2n) is 17.9. The van der Waals surface area contributed by atoms with Gasteiger partial charge in [0.1, 0.15) is 0 Å². The smallest absolute Gasteiger partial charge is 0.323 e. The standard InChI is InChI=1S/C41H63NO4/c1-10-45-34(43)40(35(44)46-11-2)21-14-27(15-22-40)29-17-19-37(7)31(36(29,5)6)18-20-39(9)32(37)13-12-30-33-28(26(3)4)16-23-41(33,42)25-24-38(30,39)8/h14,17,28,30-33H,3,10-13,15-16,18-25,42H2,1-2,4-9H3/t28-,30+,31?,32?,33?,37-,38+,39+,41-/m0/s1. The van der Waals surface area contributed by atoms with Crippen molar-refractivity contribution in [2.45, 2.75) is 138 Å². The van der Waals surface area contributed by atoms with Crippen LogP contribution in [0.4, 0.5) is 0 Å². The molecule has 0 amide bonds. The molecule has 0 spiro atoms. The van der Waals surface area contributed by atoms with Crippen LogP contribution >= 0.6 is 0 Å². The van der Waals surface area contributed by atoms with E-state index in [0.29, 0.717) is 59.7 Å². The molecule has 5 heteroatoms. The van der Waals surface area contributed by atoms with Crippen molar-refractivity contribution in [1.82, 2.24) is 0 Å². The molecule has 0 aromatic rings. The van der Waals surface area contributed by atoms with Crippen LogP contribution in [0.25, 0.3) is 0 Å². The summed E-state index contributed by atoms with van der Waals surface area (Å²) in [5.74, 6) is 2.24. The number of carbonyl (C=O) groups is 2. The molecule has 0 heterocycles. The number of hydrogen-bond acceptors (Lipinski definition) is 5. The molecular formula is C41H63NO4. The van der Waals surface area contributed by atoms with Crippen molar-refractivity contribution < 1.29 is 19.1 Å². The first-order valence-electron chi connectivity index (χ1n) is 18.7. The number of fused-ring (bicyclic) bond motifs is 7. The summed E-state index contributed by atoms with van der Waals surface area (Å²) >= 11 is 0. The maximum absolute atomic E-state index is 13.1. The van der Waals surface area contributed by atoms with Gasteiger partial charge in [-0.3, -0.25) is 9.59 Å². The van der Waals surface area contributed by atoms with Crippen molar-refractivity contribution in [3.63, 3.8) is 0 Å². The van der Waals surface area contributed by atoms with Gasteiger partial charge in [0.2, 0.25) is 0 Å². The first-order valence-corrected chi connectivity index (χ1v) is 18.7. The molecule has 6 aliphatic carbocycles. The molecule has 4 fully saturated rings. The summed E-state index contributed by atoms with van der Waals surface area (Å²) in [5.41, 5.74) is 11.0. The van der Waals surface area contributed by atoms with Gasteiger partial charge in [-0.1, -0.05) is 58.9 Å². The van der Waals surface area contributed by atoms with Crippen molar-refractivity contribution in [2.24, 2.45) is 62.4 Å². The molecule has 3 unspecified atom stereocenters. The van der Waals surface area contributed by atoms with E-state index in [1.54, 1.807) is 13.8 Å². The number of esters is 2. The average Bonchev–Trinajstić information content (AvgIpc) is 3.35. The van der Waals surface area contributed by atoms with Crippen LogP contribution in [0.5, 0.6) is 0 Å². The second-order valence-corrected chi connectivity index (χ2v) is 17.9. The minimum atomic E-state index is -1.23. The maximum atomic E-state index is 13.1. The van der Waals surface area contributed by atoms with Gasteiger partial charge < -0.3 is 15.2 Å². The Bertz CT molecular complexity index is 1320. The zero-order valence-corrected chi connectivity index (χ0v) is 30.4. The number of carbonyl (C=O) groups excluding carboxylic acids is 2. The lowest BCUT2D eigenvalue weighted by Crippen LogP contribution is -2.67. The zero-order valence-electron chi connectivity index (χ0n) is 30.4. The lowest BCUT2D eigenvalue weighted by atomic mass is 9.33. The quantitative estimate of drug-likeness (QED) is 0.179. The van der Waals surface area contributed by atoms with Crippen LogP contribution in [0.2, 0.25) is 0 Å². The first-order chi connectivity index (χ1) is 21.6. The Morgan fingerprint density at radius 3 is 2.09 bits per heavy atom. The molecule has 0 saturated heterocycles. The summed E-state index contributed by atoms with van der Waals surface area (Å²) in [7, 11) is 0. The molecule has 4 saturated carbocycles. The van der Waals surface area contributed by atoms with Crippen molar-refractivity contribution in [2.75, 3.05) is 13.2 Å². The van der Waals surface area contributed by atoms with E-state index >= 15 is 0 Å². The van der Waals surface area contributed by atoms with Crippen LogP contribution in [-0.2, 0) is 19.1 Å². The third kappa shape index (κ3) is 4.55. The van der Waals surface area contributed by atoms with Crippen LogP contribution in [0.15, 0.2) is 35.5 Å². The lowest BCUT2D eigenvalue weighted by molar-refractivity contribution is -0.219. The predicted molar refractivity (Wildman–Crippen MR) is 185 cm³/mol. The summed E-state index contributed by atoms with van der Waals surface area (Å²) in [5, 5.41) is 0. The van der Waals surface area contributed by atoms with Crippen molar-refractivity contribution in [1.29, 1.82) is 0 Å². The second kappa shape index (κ2) is 11.3. The number of rotatable bonds is 6. The van der Waals surface area contributed by atoms with Crippen LogP contribution in [0.1, 0.15) is 132 Å². The molecule has 256 valence electrons. The molecule has 5 nitrogen and oxygen atoms in total. The van der Waals surface area contributed by atoms with E-state index in [4.69, 9.17) is 15.2 Å². The van der Waals surface area contributed by atoms with E-state index in [-0.39, 0.29) is 29.6 Å². The molecule has 6 aliphatic rings. The summed E-state index contributed by atoms with van der Waals surface area (Å²) < 4.78 is 10.8. The van der Waals surface area contributed by atoms with Gasteiger partial charge in [0.05, 0.1) is 13.2 Å². The van der Waals surface area contributed by atoms with Crippen LogP contribution in [0, 0.1) is 56.7 Å². The minimum absolute atomic E-state index is 0.00553. The predicted octanol–water partition coefficient (Wildman–Crippen LogP) is 9.11. The monoisotopic (exact) mass is 633 g/mol. The Balaban J connectivity index is 1.30. The zero-order chi connectivity index (χ0) is 33.5. The average molecular weight is 634 g/mol. The number of allylic oxidation sites excluding steroid dienone is 5. The summed E-state index contributed by atoms with van der Waals surface area (Å²) in [6.45, 7) is 23.8. The molecule has 0 radical (unpaired) electrons. The van der Waals surface area contributed by atoms with Gasteiger partial charge in [0.25, 0.3) is 0 Å². The summed E-state index contributed by atoms with van der Waals surface area (Å²) in [4.78, 5) is 26.2. The van der Waals surface area contributed by atoms with E-state index in [0.717, 1.165) is 6.42 Å². The third-order valence-electron chi connectivity index (χ3n) is 15.9. The van der Waals surface area contributed by atoms with Crippen LogP contribution in [0.3, 0.4) is 0 Å². The van der Waals surface area contributed by atoms with Crippen molar-refractivity contribution in [3.8, 4) is 0 Å². The highest BCUT2D eigenvalue weighted by Crippen LogP contribution is 2.76. The highest BCUT2D eigenvalue weighted by atomic mass is 16.6. The fraction of sp³-hybridized carbons (Fsp3) is 0.805. The van der Waals surface area contributed by atoms with Crippen LogP contribution in [-0.4, -0.2) is 30.7 Å². The fourth-order valence-electron chi connectivity index (χ4n) is 13.4. The number of hydrogen-bond donors (Lipinski definition) is 1. The highest BCUT2D eigenvalue weighted by Gasteiger charge is 2.70. The van der Waals surface area contributed by atoms with Gasteiger partial charge in [-0.05, 0) is 160 Å².